The number of anilines is 1. The van der Waals surface area contributed by atoms with E-state index in [0.29, 0.717) is 18.1 Å². The normalized spacial score (nSPS) is 13.2. The first-order valence-electron chi connectivity index (χ1n) is 6.51. The lowest BCUT2D eigenvalue weighted by atomic mass is 10.1. The summed E-state index contributed by atoms with van der Waals surface area (Å²) in [6.07, 6.45) is 2.16. The number of hydrogen-bond acceptors (Lipinski definition) is 3. The van der Waals surface area contributed by atoms with Gasteiger partial charge in [-0.2, -0.15) is 0 Å². The average Bonchev–Trinajstić information content (AvgIpc) is 2.85. The van der Waals surface area contributed by atoms with Crippen LogP contribution in [0.2, 0.25) is 0 Å². The number of fused-ring (bicyclic) bond motifs is 1. The summed E-state index contributed by atoms with van der Waals surface area (Å²) in [6.45, 7) is 1.70. The summed E-state index contributed by atoms with van der Waals surface area (Å²) in [5, 5.41) is 6.19. The van der Waals surface area contributed by atoms with Crippen LogP contribution in [-0.2, 0) is 17.9 Å². The molecule has 1 amide bonds. The largest absolute Gasteiger partial charge is 0.495 e. The van der Waals surface area contributed by atoms with Crippen molar-refractivity contribution in [2.45, 2.75) is 32.4 Å². The van der Waals surface area contributed by atoms with Crippen LogP contribution in [0, 0.1) is 0 Å². The third-order valence-corrected chi connectivity index (χ3v) is 3.48. The van der Waals surface area contributed by atoms with Crippen LogP contribution < -0.4 is 15.4 Å². The van der Waals surface area contributed by atoms with Gasteiger partial charge in [-0.3, -0.25) is 4.79 Å². The Bertz CT molecular complexity index is 463. The molecule has 1 aromatic rings. The van der Waals surface area contributed by atoms with Crippen LogP contribution in [0.3, 0.4) is 0 Å². The van der Waals surface area contributed by atoms with Crippen LogP contribution in [0.15, 0.2) is 12.1 Å². The number of carbonyl (C=O) groups is 1. The number of benzene rings is 1. The van der Waals surface area contributed by atoms with E-state index in [0.717, 1.165) is 31.6 Å². The van der Waals surface area contributed by atoms with Crippen molar-refractivity contribution in [1.29, 1.82) is 0 Å². The molecule has 4 nitrogen and oxygen atoms in total. The molecule has 1 heterocycles. The Morgan fingerprint density at radius 3 is 2.79 bits per heavy atom. The molecule has 19 heavy (non-hydrogen) atoms. The van der Waals surface area contributed by atoms with Crippen LogP contribution in [0.5, 0.6) is 5.75 Å². The molecule has 0 aliphatic carbocycles. The Labute approximate surface area is 118 Å². The van der Waals surface area contributed by atoms with Crippen LogP contribution in [-0.4, -0.2) is 18.9 Å². The van der Waals surface area contributed by atoms with Crippen molar-refractivity contribution < 1.29 is 9.53 Å². The van der Waals surface area contributed by atoms with Gasteiger partial charge < -0.3 is 15.4 Å². The first-order chi connectivity index (χ1) is 9.24. The molecule has 5 heteroatoms. The molecule has 0 saturated heterocycles. The van der Waals surface area contributed by atoms with Gasteiger partial charge in [0.25, 0.3) is 0 Å². The molecule has 1 aromatic carbocycles. The quantitative estimate of drug-likeness (QED) is 0.623. The van der Waals surface area contributed by atoms with E-state index < -0.39 is 0 Å². The van der Waals surface area contributed by atoms with E-state index in [1.165, 1.54) is 11.1 Å². The Morgan fingerprint density at radius 1 is 1.37 bits per heavy atom. The number of rotatable bonds is 6. The van der Waals surface area contributed by atoms with Crippen LogP contribution in [0.4, 0.5) is 5.69 Å². The number of carbonyl (C=O) groups excluding carboxylic acids is 1. The SMILES string of the molecule is COc1cc2c(cc1NC(=O)CCCCCl)CNC2. The monoisotopic (exact) mass is 282 g/mol. The van der Waals surface area contributed by atoms with E-state index in [2.05, 4.69) is 10.6 Å². The fourth-order valence-electron chi connectivity index (χ4n) is 2.19. The van der Waals surface area contributed by atoms with E-state index in [4.69, 9.17) is 16.3 Å². The highest BCUT2D eigenvalue weighted by Crippen LogP contribution is 2.30. The Kier molecular flexibility index (Phi) is 5.05. The number of nitrogens with one attached hydrogen (secondary N) is 2. The molecule has 0 saturated carbocycles. The van der Waals surface area contributed by atoms with Gasteiger partial charge in [-0.15, -0.1) is 11.6 Å². The van der Waals surface area contributed by atoms with Gasteiger partial charge in [0.1, 0.15) is 5.75 Å². The zero-order chi connectivity index (χ0) is 13.7. The smallest absolute Gasteiger partial charge is 0.224 e. The van der Waals surface area contributed by atoms with Crippen molar-refractivity contribution in [3.8, 4) is 5.75 Å². The number of alkyl halides is 1. The number of hydrogen-bond donors (Lipinski definition) is 2. The Hall–Kier alpha value is -1.26. The maximum atomic E-state index is 11.8. The lowest BCUT2D eigenvalue weighted by molar-refractivity contribution is -0.116. The lowest BCUT2D eigenvalue weighted by Gasteiger charge is -2.12. The predicted molar refractivity (Wildman–Crippen MR) is 76.7 cm³/mol. The number of ether oxygens (including phenoxy) is 1. The van der Waals surface area contributed by atoms with Gasteiger partial charge in [-0.25, -0.2) is 0 Å². The van der Waals surface area contributed by atoms with Gasteiger partial charge in [-0.05, 0) is 36.1 Å². The summed E-state index contributed by atoms with van der Waals surface area (Å²) in [7, 11) is 1.62. The highest BCUT2D eigenvalue weighted by atomic mass is 35.5. The third-order valence-electron chi connectivity index (χ3n) is 3.21. The maximum Gasteiger partial charge on any atom is 0.224 e. The van der Waals surface area contributed by atoms with E-state index in [-0.39, 0.29) is 5.91 Å². The fourth-order valence-corrected chi connectivity index (χ4v) is 2.38. The lowest BCUT2D eigenvalue weighted by Crippen LogP contribution is -2.12. The Balaban J connectivity index is 2.04. The molecule has 0 atom stereocenters. The summed E-state index contributed by atoms with van der Waals surface area (Å²) in [5.74, 6) is 1.32. The summed E-state index contributed by atoms with van der Waals surface area (Å²) < 4.78 is 5.33. The minimum absolute atomic E-state index is 0.00863. The standard InChI is InChI=1S/C14H19ClN2O2/c1-19-13-7-11-9-16-8-10(11)6-12(13)17-14(18)4-2-3-5-15/h6-7,16H,2-5,8-9H2,1H3,(H,17,18). The van der Waals surface area contributed by atoms with Crippen molar-refractivity contribution in [2.24, 2.45) is 0 Å². The van der Waals surface area contributed by atoms with E-state index in [1.807, 2.05) is 12.1 Å². The minimum Gasteiger partial charge on any atom is -0.495 e. The molecule has 2 N–H and O–H groups in total. The molecule has 0 aromatic heterocycles. The highest BCUT2D eigenvalue weighted by molar-refractivity contribution is 6.17. The van der Waals surface area contributed by atoms with E-state index in [9.17, 15) is 4.79 Å². The van der Waals surface area contributed by atoms with Gasteiger partial charge in [0.2, 0.25) is 5.91 Å². The zero-order valence-electron chi connectivity index (χ0n) is 11.1. The summed E-state index contributed by atoms with van der Waals surface area (Å²) in [5.41, 5.74) is 3.20. The predicted octanol–water partition coefficient (Wildman–Crippen LogP) is 2.65. The van der Waals surface area contributed by atoms with Crippen molar-refractivity contribution >= 4 is 23.2 Å². The fraction of sp³-hybridized carbons (Fsp3) is 0.500. The molecule has 104 valence electrons. The molecular weight excluding hydrogens is 264 g/mol. The molecule has 0 radical (unpaired) electrons. The molecule has 0 bridgehead atoms. The van der Waals surface area contributed by atoms with Crippen molar-refractivity contribution in [3.05, 3.63) is 23.3 Å². The number of halogens is 1. The summed E-state index contributed by atoms with van der Waals surface area (Å²) >= 11 is 5.60. The topological polar surface area (TPSA) is 50.4 Å². The third kappa shape index (κ3) is 3.61. The molecular formula is C14H19ClN2O2. The number of methoxy groups -OCH3 is 1. The van der Waals surface area contributed by atoms with Gasteiger partial charge in [0.15, 0.2) is 0 Å². The number of unbranched alkanes of at least 4 members (excludes halogenated alkanes) is 1. The molecule has 0 spiro atoms. The molecule has 2 rings (SSSR count). The summed E-state index contributed by atoms with van der Waals surface area (Å²) in [4.78, 5) is 11.8. The second kappa shape index (κ2) is 6.78. The molecule has 0 unspecified atom stereocenters. The maximum absolute atomic E-state index is 11.8. The molecule has 0 fully saturated rings. The van der Waals surface area contributed by atoms with E-state index >= 15 is 0 Å². The number of amides is 1. The molecule has 1 aliphatic rings. The average molecular weight is 283 g/mol. The summed E-state index contributed by atoms with van der Waals surface area (Å²) in [6, 6.07) is 3.98. The van der Waals surface area contributed by atoms with Gasteiger partial charge in [0, 0.05) is 25.4 Å². The van der Waals surface area contributed by atoms with Gasteiger partial charge in [-0.1, -0.05) is 0 Å². The molecule has 1 aliphatic heterocycles. The van der Waals surface area contributed by atoms with Gasteiger partial charge in [0.05, 0.1) is 12.8 Å². The van der Waals surface area contributed by atoms with Crippen molar-refractivity contribution in [2.75, 3.05) is 18.3 Å². The van der Waals surface area contributed by atoms with E-state index in [1.54, 1.807) is 7.11 Å². The van der Waals surface area contributed by atoms with Crippen molar-refractivity contribution in [1.82, 2.24) is 5.32 Å². The van der Waals surface area contributed by atoms with Crippen LogP contribution in [0.25, 0.3) is 0 Å². The highest BCUT2D eigenvalue weighted by Gasteiger charge is 2.15. The van der Waals surface area contributed by atoms with Crippen molar-refractivity contribution in [3.63, 3.8) is 0 Å². The first-order valence-corrected chi connectivity index (χ1v) is 7.04. The van der Waals surface area contributed by atoms with Crippen LogP contribution >= 0.6 is 11.6 Å². The second-order valence-electron chi connectivity index (χ2n) is 4.62. The second-order valence-corrected chi connectivity index (χ2v) is 5.00. The van der Waals surface area contributed by atoms with Gasteiger partial charge >= 0.3 is 0 Å². The zero-order valence-corrected chi connectivity index (χ0v) is 11.8. The Morgan fingerprint density at radius 2 is 2.11 bits per heavy atom. The first kappa shape index (κ1) is 14.2. The van der Waals surface area contributed by atoms with Crippen LogP contribution in [0.1, 0.15) is 30.4 Å². The minimum atomic E-state index is 0.00863.